The Morgan fingerprint density at radius 2 is 2.06 bits per heavy atom. The molecule has 0 aromatic carbocycles. The van der Waals surface area contributed by atoms with Crippen LogP contribution in [-0.4, -0.2) is 52.4 Å². The first-order valence-electron chi connectivity index (χ1n) is 6.34. The molecule has 100 valence electrons. The number of hydrogen-bond donors (Lipinski definition) is 0. The minimum atomic E-state index is 0.104. The zero-order chi connectivity index (χ0) is 13.5. The summed E-state index contributed by atoms with van der Waals surface area (Å²) in [6.07, 6.45) is 3.25. The molecule has 0 unspecified atom stereocenters. The molecule has 1 atom stereocenters. The van der Waals surface area contributed by atoms with Crippen molar-refractivity contribution in [3.8, 4) is 0 Å². The van der Waals surface area contributed by atoms with Gasteiger partial charge in [-0.3, -0.25) is 9.69 Å². The molecule has 1 heterocycles. The molecular formula is C13H22N4O. The van der Waals surface area contributed by atoms with Crippen molar-refractivity contribution >= 4 is 5.91 Å². The lowest BCUT2D eigenvalue weighted by Crippen LogP contribution is -2.39. The highest BCUT2D eigenvalue weighted by Gasteiger charge is 2.18. The highest BCUT2D eigenvalue weighted by molar-refractivity contribution is 5.78. The van der Waals surface area contributed by atoms with Crippen LogP contribution in [0.5, 0.6) is 0 Å². The molecule has 0 N–H and O–H groups in total. The van der Waals surface area contributed by atoms with Gasteiger partial charge in [0.15, 0.2) is 0 Å². The summed E-state index contributed by atoms with van der Waals surface area (Å²) in [4.78, 5) is 24.0. The lowest BCUT2D eigenvalue weighted by atomic mass is 10.2. The minimum absolute atomic E-state index is 0.104. The Morgan fingerprint density at radius 3 is 2.56 bits per heavy atom. The van der Waals surface area contributed by atoms with E-state index in [-0.39, 0.29) is 11.9 Å². The van der Waals surface area contributed by atoms with Crippen LogP contribution in [0.3, 0.4) is 0 Å². The zero-order valence-electron chi connectivity index (χ0n) is 11.6. The second kappa shape index (κ2) is 7.06. The molecule has 0 saturated heterocycles. The third-order valence-corrected chi connectivity index (χ3v) is 3.19. The van der Waals surface area contributed by atoms with Crippen LogP contribution in [0.15, 0.2) is 18.6 Å². The van der Waals surface area contributed by atoms with E-state index in [2.05, 4.69) is 9.97 Å². The molecule has 0 saturated carbocycles. The zero-order valence-corrected chi connectivity index (χ0v) is 11.6. The SMILES string of the molecule is CCN(CC)C(=O)CN(C)[C@H](C)c1ccncn1. The number of carbonyl (C=O) groups is 1. The molecule has 0 aliphatic heterocycles. The molecule has 5 nitrogen and oxygen atoms in total. The number of nitrogens with zero attached hydrogens (tertiary/aromatic N) is 4. The molecule has 0 spiro atoms. The van der Waals surface area contributed by atoms with Gasteiger partial charge < -0.3 is 4.90 Å². The van der Waals surface area contributed by atoms with Gasteiger partial charge >= 0.3 is 0 Å². The Morgan fingerprint density at radius 1 is 1.39 bits per heavy atom. The molecule has 1 amide bonds. The summed E-state index contributed by atoms with van der Waals surface area (Å²) < 4.78 is 0. The second-order valence-corrected chi connectivity index (χ2v) is 4.29. The molecule has 1 aromatic heterocycles. The van der Waals surface area contributed by atoms with Crippen LogP contribution in [0.2, 0.25) is 0 Å². The van der Waals surface area contributed by atoms with Crippen molar-refractivity contribution < 1.29 is 4.79 Å². The number of rotatable bonds is 6. The smallest absolute Gasteiger partial charge is 0.236 e. The van der Waals surface area contributed by atoms with Crippen LogP contribution in [0.4, 0.5) is 0 Å². The number of aromatic nitrogens is 2. The van der Waals surface area contributed by atoms with E-state index >= 15 is 0 Å². The summed E-state index contributed by atoms with van der Waals surface area (Å²) >= 11 is 0. The molecule has 0 fully saturated rings. The molecule has 0 aliphatic rings. The maximum atomic E-state index is 12.0. The highest BCUT2D eigenvalue weighted by Crippen LogP contribution is 2.14. The predicted octanol–water partition coefficient (Wildman–Crippen LogP) is 1.34. The summed E-state index contributed by atoms with van der Waals surface area (Å²) in [5.74, 6) is 0.156. The summed E-state index contributed by atoms with van der Waals surface area (Å²) in [6.45, 7) is 7.95. The van der Waals surface area contributed by atoms with Gasteiger partial charge in [-0.05, 0) is 33.9 Å². The molecule has 0 radical (unpaired) electrons. The van der Waals surface area contributed by atoms with E-state index in [0.717, 1.165) is 18.8 Å². The van der Waals surface area contributed by atoms with E-state index in [1.807, 2.05) is 43.7 Å². The first kappa shape index (κ1) is 14.6. The standard InChI is InChI=1S/C13H22N4O/c1-5-17(6-2)13(18)9-16(4)11(3)12-7-8-14-10-15-12/h7-8,10-11H,5-6,9H2,1-4H3/t11-/m1/s1. The Hall–Kier alpha value is -1.49. The Kier molecular flexibility index (Phi) is 5.71. The third kappa shape index (κ3) is 3.77. The van der Waals surface area contributed by atoms with E-state index < -0.39 is 0 Å². The van der Waals surface area contributed by atoms with Gasteiger partial charge in [-0.1, -0.05) is 0 Å². The average Bonchev–Trinajstić information content (AvgIpc) is 2.40. The van der Waals surface area contributed by atoms with Gasteiger partial charge in [0.05, 0.1) is 12.2 Å². The van der Waals surface area contributed by atoms with Gasteiger partial charge in [0.1, 0.15) is 6.33 Å². The number of hydrogen-bond acceptors (Lipinski definition) is 4. The van der Waals surface area contributed by atoms with Crippen LogP contribution in [0.1, 0.15) is 32.5 Å². The van der Waals surface area contributed by atoms with Crippen molar-refractivity contribution in [3.05, 3.63) is 24.3 Å². The fourth-order valence-electron chi connectivity index (χ4n) is 1.80. The normalized spacial score (nSPS) is 12.5. The maximum absolute atomic E-state index is 12.0. The fourth-order valence-corrected chi connectivity index (χ4v) is 1.80. The van der Waals surface area contributed by atoms with E-state index in [1.54, 1.807) is 6.20 Å². The largest absolute Gasteiger partial charge is 0.342 e. The third-order valence-electron chi connectivity index (χ3n) is 3.19. The van der Waals surface area contributed by atoms with Crippen LogP contribution in [-0.2, 0) is 4.79 Å². The maximum Gasteiger partial charge on any atom is 0.236 e. The van der Waals surface area contributed by atoms with Gasteiger partial charge in [-0.25, -0.2) is 9.97 Å². The lowest BCUT2D eigenvalue weighted by Gasteiger charge is -2.27. The van der Waals surface area contributed by atoms with Gasteiger partial charge in [-0.15, -0.1) is 0 Å². The Balaban J connectivity index is 2.60. The minimum Gasteiger partial charge on any atom is -0.342 e. The Bertz CT molecular complexity index is 365. The molecule has 0 aliphatic carbocycles. The Labute approximate surface area is 109 Å². The van der Waals surface area contributed by atoms with Crippen molar-refractivity contribution in [1.82, 2.24) is 19.8 Å². The van der Waals surface area contributed by atoms with Crippen LogP contribution >= 0.6 is 0 Å². The second-order valence-electron chi connectivity index (χ2n) is 4.29. The first-order chi connectivity index (χ1) is 8.60. The van der Waals surface area contributed by atoms with Crippen LogP contribution in [0, 0.1) is 0 Å². The average molecular weight is 250 g/mol. The first-order valence-corrected chi connectivity index (χ1v) is 6.34. The van der Waals surface area contributed by atoms with Gasteiger partial charge in [0.25, 0.3) is 0 Å². The van der Waals surface area contributed by atoms with E-state index in [9.17, 15) is 4.79 Å². The molecule has 18 heavy (non-hydrogen) atoms. The summed E-state index contributed by atoms with van der Waals surface area (Å²) in [5.41, 5.74) is 0.930. The molecule has 0 bridgehead atoms. The van der Waals surface area contributed by atoms with Crippen LogP contribution in [0.25, 0.3) is 0 Å². The van der Waals surface area contributed by atoms with E-state index in [1.165, 1.54) is 6.33 Å². The summed E-state index contributed by atoms with van der Waals surface area (Å²) in [5, 5.41) is 0. The van der Waals surface area contributed by atoms with Crippen molar-refractivity contribution in [2.45, 2.75) is 26.8 Å². The van der Waals surface area contributed by atoms with Crippen molar-refractivity contribution in [2.24, 2.45) is 0 Å². The van der Waals surface area contributed by atoms with Crippen molar-refractivity contribution in [3.63, 3.8) is 0 Å². The van der Waals surface area contributed by atoms with Gasteiger partial charge in [0, 0.05) is 25.3 Å². The summed E-state index contributed by atoms with van der Waals surface area (Å²) in [7, 11) is 1.94. The van der Waals surface area contributed by atoms with E-state index in [4.69, 9.17) is 0 Å². The molecule has 5 heteroatoms. The summed E-state index contributed by atoms with van der Waals surface area (Å²) in [6, 6.07) is 1.98. The topological polar surface area (TPSA) is 49.3 Å². The quantitative estimate of drug-likeness (QED) is 0.764. The fraction of sp³-hybridized carbons (Fsp3) is 0.615. The van der Waals surface area contributed by atoms with Crippen molar-refractivity contribution in [1.29, 1.82) is 0 Å². The molecular weight excluding hydrogens is 228 g/mol. The number of likely N-dealkylation sites (N-methyl/N-ethyl adjacent to an activating group) is 2. The number of carbonyl (C=O) groups excluding carboxylic acids is 1. The molecule has 1 rings (SSSR count). The van der Waals surface area contributed by atoms with Gasteiger partial charge in [0.2, 0.25) is 5.91 Å². The van der Waals surface area contributed by atoms with E-state index in [0.29, 0.717) is 6.54 Å². The number of amides is 1. The van der Waals surface area contributed by atoms with Crippen molar-refractivity contribution in [2.75, 3.05) is 26.7 Å². The van der Waals surface area contributed by atoms with Gasteiger partial charge in [-0.2, -0.15) is 0 Å². The lowest BCUT2D eigenvalue weighted by molar-refractivity contribution is -0.132. The van der Waals surface area contributed by atoms with Crippen LogP contribution < -0.4 is 0 Å². The molecule has 1 aromatic rings. The predicted molar refractivity (Wildman–Crippen MR) is 71.0 cm³/mol. The highest BCUT2D eigenvalue weighted by atomic mass is 16.2. The monoisotopic (exact) mass is 250 g/mol.